The van der Waals surface area contributed by atoms with E-state index in [2.05, 4.69) is 4.99 Å². The maximum absolute atomic E-state index is 13.2. The third kappa shape index (κ3) is 3.49. The van der Waals surface area contributed by atoms with Crippen molar-refractivity contribution >= 4 is 29.2 Å². The Morgan fingerprint density at radius 1 is 0.931 bits per heavy atom. The average molecular weight is 385 g/mol. The summed E-state index contributed by atoms with van der Waals surface area (Å²) in [6, 6.07) is 21.5. The number of nitrogens with zero attached hydrogens (tertiary/aromatic N) is 3. The SMILES string of the molecule is O=C1/C(=C\c2ccccc2[N+](=O)[O-])N=C(c2ccccc2)N1c1ccc(O)cc1. The van der Waals surface area contributed by atoms with Crippen LogP contribution in [0.3, 0.4) is 0 Å². The molecule has 1 heterocycles. The number of anilines is 1. The number of aliphatic imine (C=N–C) groups is 1. The second kappa shape index (κ2) is 7.40. The van der Waals surface area contributed by atoms with Gasteiger partial charge in [0.15, 0.2) is 0 Å². The van der Waals surface area contributed by atoms with E-state index >= 15 is 0 Å². The van der Waals surface area contributed by atoms with E-state index in [-0.39, 0.29) is 17.1 Å². The monoisotopic (exact) mass is 385 g/mol. The van der Waals surface area contributed by atoms with Crippen LogP contribution in [0.15, 0.2) is 89.6 Å². The van der Waals surface area contributed by atoms with Gasteiger partial charge in [-0.3, -0.25) is 19.8 Å². The lowest BCUT2D eigenvalue weighted by Gasteiger charge is -2.18. The van der Waals surface area contributed by atoms with E-state index < -0.39 is 10.8 Å². The Labute approximate surface area is 166 Å². The molecule has 0 aliphatic carbocycles. The van der Waals surface area contributed by atoms with Crippen molar-refractivity contribution < 1.29 is 14.8 Å². The van der Waals surface area contributed by atoms with Crippen LogP contribution in [0.5, 0.6) is 5.75 Å². The van der Waals surface area contributed by atoms with E-state index in [0.29, 0.717) is 17.1 Å². The number of carbonyl (C=O) groups excluding carboxylic acids is 1. The second-order valence-corrected chi connectivity index (χ2v) is 6.30. The largest absolute Gasteiger partial charge is 0.508 e. The van der Waals surface area contributed by atoms with Gasteiger partial charge in [-0.2, -0.15) is 0 Å². The number of amidine groups is 1. The second-order valence-electron chi connectivity index (χ2n) is 6.30. The zero-order chi connectivity index (χ0) is 20.4. The maximum Gasteiger partial charge on any atom is 0.282 e. The molecule has 1 amide bonds. The van der Waals surface area contributed by atoms with Gasteiger partial charge in [0, 0.05) is 11.6 Å². The number of hydrogen-bond donors (Lipinski definition) is 1. The van der Waals surface area contributed by atoms with Gasteiger partial charge in [0.05, 0.1) is 16.2 Å². The maximum atomic E-state index is 13.2. The topological polar surface area (TPSA) is 96.0 Å². The number of aromatic hydroxyl groups is 1. The molecule has 0 unspecified atom stereocenters. The average Bonchev–Trinajstić information content (AvgIpc) is 3.06. The molecule has 7 heteroatoms. The zero-order valence-corrected chi connectivity index (χ0v) is 15.1. The molecule has 1 N–H and O–H groups in total. The molecule has 0 saturated carbocycles. The summed E-state index contributed by atoms with van der Waals surface area (Å²) in [5.41, 5.74) is 1.53. The lowest BCUT2D eigenvalue weighted by atomic mass is 10.1. The lowest BCUT2D eigenvalue weighted by Crippen LogP contribution is -2.32. The van der Waals surface area contributed by atoms with E-state index in [1.54, 1.807) is 30.3 Å². The number of carbonyl (C=O) groups is 1. The minimum atomic E-state index is -0.495. The molecule has 0 fully saturated rings. The van der Waals surface area contributed by atoms with Crippen LogP contribution < -0.4 is 4.90 Å². The lowest BCUT2D eigenvalue weighted by molar-refractivity contribution is -0.385. The summed E-state index contributed by atoms with van der Waals surface area (Å²) in [6.07, 6.45) is 1.42. The van der Waals surface area contributed by atoms with Crippen molar-refractivity contribution in [3.63, 3.8) is 0 Å². The quantitative estimate of drug-likeness (QED) is 0.415. The Morgan fingerprint density at radius 2 is 1.59 bits per heavy atom. The van der Waals surface area contributed by atoms with Crippen molar-refractivity contribution in [2.45, 2.75) is 0 Å². The fourth-order valence-electron chi connectivity index (χ4n) is 3.06. The van der Waals surface area contributed by atoms with Crippen molar-refractivity contribution in [2.75, 3.05) is 4.90 Å². The van der Waals surface area contributed by atoms with E-state index in [4.69, 9.17) is 0 Å². The molecule has 0 spiro atoms. The molecule has 3 aromatic carbocycles. The number of amides is 1. The van der Waals surface area contributed by atoms with Gasteiger partial charge < -0.3 is 5.11 Å². The number of para-hydroxylation sites is 1. The van der Waals surface area contributed by atoms with Gasteiger partial charge in [-0.05, 0) is 36.4 Å². The number of hydrogen-bond acceptors (Lipinski definition) is 5. The number of phenols is 1. The van der Waals surface area contributed by atoms with E-state index in [1.807, 2.05) is 30.3 Å². The standard InChI is InChI=1S/C22H15N3O4/c26-18-12-10-17(11-13-18)24-21(15-6-2-1-3-7-15)23-19(22(24)27)14-16-8-4-5-9-20(16)25(28)29/h1-14,26H/b19-14+. The highest BCUT2D eigenvalue weighted by Crippen LogP contribution is 2.30. The van der Waals surface area contributed by atoms with Gasteiger partial charge in [-0.25, -0.2) is 4.99 Å². The van der Waals surface area contributed by atoms with Crippen LogP contribution in [0.4, 0.5) is 11.4 Å². The molecule has 0 atom stereocenters. The molecule has 0 aromatic heterocycles. The van der Waals surface area contributed by atoms with Gasteiger partial charge in [-0.15, -0.1) is 0 Å². The van der Waals surface area contributed by atoms with Crippen LogP contribution in [-0.2, 0) is 4.79 Å². The van der Waals surface area contributed by atoms with E-state index in [0.717, 1.165) is 5.56 Å². The molecule has 7 nitrogen and oxygen atoms in total. The minimum absolute atomic E-state index is 0.0780. The number of nitro benzene ring substituents is 1. The summed E-state index contributed by atoms with van der Waals surface area (Å²) in [5, 5.41) is 20.9. The normalized spacial score (nSPS) is 14.9. The summed E-state index contributed by atoms with van der Waals surface area (Å²) < 4.78 is 0. The van der Waals surface area contributed by atoms with Gasteiger partial charge in [0.2, 0.25) is 0 Å². The van der Waals surface area contributed by atoms with Crippen LogP contribution in [0.1, 0.15) is 11.1 Å². The van der Waals surface area contributed by atoms with Gasteiger partial charge in [-0.1, -0.05) is 42.5 Å². The fourth-order valence-corrected chi connectivity index (χ4v) is 3.06. The summed E-state index contributed by atoms with van der Waals surface area (Å²) in [6.45, 7) is 0. The predicted molar refractivity (Wildman–Crippen MR) is 110 cm³/mol. The summed E-state index contributed by atoms with van der Waals surface area (Å²) in [5.74, 6) is 0.0769. The van der Waals surface area contributed by atoms with Crippen LogP contribution >= 0.6 is 0 Å². The third-order valence-electron chi connectivity index (χ3n) is 4.43. The predicted octanol–water partition coefficient (Wildman–Crippen LogP) is 4.13. The first kappa shape index (κ1) is 18.1. The highest BCUT2D eigenvalue weighted by atomic mass is 16.6. The van der Waals surface area contributed by atoms with Crippen LogP contribution in [0.2, 0.25) is 0 Å². The first-order chi connectivity index (χ1) is 14.0. The molecule has 142 valence electrons. The van der Waals surface area contributed by atoms with Crippen molar-refractivity contribution in [1.29, 1.82) is 0 Å². The fraction of sp³-hybridized carbons (Fsp3) is 0. The molecule has 0 radical (unpaired) electrons. The Morgan fingerprint density at radius 3 is 2.28 bits per heavy atom. The first-order valence-electron chi connectivity index (χ1n) is 8.77. The van der Waals surface area contributed by atoms with Crippen molar-refractivity contribution in [3.05, 3.63) is 106 Å². The number of rotatable bonds is 4. The molecule has 3 aromatic rings. The highest BCUT2D eigenvalue weighted by Gasteiger charge is 2.32. The van der Waals surface area contributed by atoms with Crippen LogP contribution in [0, 0.1) is 10.1 Å². The summed E-state index contributed by atoms with van der Waals surface area (Å²) in [4.78, 5) is 29.9. The first-order valence-corrected chi connectivity index (χ1v) is 8.77. The van der Waals surface area contributed by atoms with Crippen molar-refractivity contribution in [2.24, 2.45) is 4.99 Å². The molecular formula is C22H15N3O4. The molecule has 1 aliphatic heterocycles. The number of benzene rings is 3. The summed E-state index contributed by atoms with van der Waals surface area (Å²) >= 11 is 0. The van der Waals surface area contributed by atoms with Crippen molar-refractivity contribution in [3.8, 4) is 5.75 Å². The number of nitro groups is 1. The van der Waals surface area contributed by atoms with Crippen molar-refractivity contribution in [1.82, 2.24) is 0 Å². The van der Waals surface area contributed by atoms with Gasteiger partial charge >= 0.3 is 0 Å². The zero-order valence-electron chi connectivity index (χ0n) is 15.1. The van der Waals surface area contributed by atoms with Crippen LogP contribution in [0.25, 0.3) is 6.08 Å². The van der Waals surface area contributed by atoms with E-state index in [9.17, 15) is 20.0 Å². The number of phenolic OH excluding ortho intramolecular Hbond substituents is 1. The minimum Gasteiger partial charge on any atom is -0.508 e. The molecule has 1 aliphatic rings. The third-order valence-corrected chi connectivity index (χ3v) is 4.43. The van der Waals surface area contributed by atoms with E-state index in [1.165, 1.54) is 29.2 Å². The molecule has 0 saturated heterocycles. The molecule has 0 bridgehead atoms. The van der Waals surface area contributed by atoms with Gasteiger partial charge in [0.1, 0.15) is 17.3 Å². The smallest absolute Gasteiger partial charge is 0.282 e. The Bertz CT molecular complexity index is 1150. The van der Waals surface area contributed by atoms with Crippen LogP contribution in [-0.4, -0.2) is 21.8 Å². The molecule has 29 heavy (non-hydrogen) atoms. The Hall–Kier alpha value is -4.26. The van der Waals surface area contributed by atoms with Gasteiger partial charge in [0.25, 0.3) is 11.6 Å². The summed E-state index contributed by atoms with van der Waals surface area (Å²) in [7, 11) is 0. The Kier molecular flexibility index (Phi) is 4.62. The molecule has 4 rings (SSSR count). The highest BCUT2D eigenvalue weighted by molar-refractivity contribution is 6.33. The Balaban J connectivity index is 1.85. The molecular weight excluding hydrogens is 370 g/mol.